The van der Waals surface area contributed by atoms with Gasteiger partial charge in [-0.15, -0.1) is 0 Å². The van der Waals surface area contributed by atoms with E-state index in [0.717, 1.165) is 24.0 Å². The minimum Gasteiger partial charge on any atom is -0.486 e. The molecule has 18 heavy (non-hydrogen) atoms. The van der Waals surface area contributed by atoms with E-state index in [0.29, 0.717) is 13.2 Å². The number of nitrogens with zero attached hydrogens (tertiary/aromatic N) is 1. The average Bonchev–Trinajstić information content (AvgIpc) is 2.86. The van der Waals surface area contributed by atoms with Gasteiger partial charge in [0.1, 0.15) is 13.2 Å². The fourth-order valence-electron chi connectivity index (χ4n) is 2.83. The van der Waals surface area contributed by atoms with Crippen molar-refractivity contribution in [1.82, 2.24) is 4.90 Å². The number of likely N-dealkylation sites (tertiary alicyclic amines) is 1. The molecule has 3 heteroatoms. The first-order valence-electron chi connectivity index (χ1n) is 6.96. The molecule has 1 fully saturated rings. The predicted octanol–water partition coefficient (Wildman–Crippen LogP) is 2.69. The standard InChI is InChI=1S/C15H21NO2/c1-2-12-5-6-16(10-12)11-13-3-4-14-15(9-13)18-8-7-17-14/h3-4,9,12H,2,5-8,10-11H2,1H3. The normalized spacial score (nSPS) is 23.3. The Morgan fingerprint density at radius 3 is 2.83 bits per heavy atom. The molecule has 2 aliphatic heterocycles. The molecule has 0 aliphatic carbocycles. The lowest BCUT2D eigenvalue weighted by Gasteiger charge is -2.20. The quantitative estimate of drug-likeness (QED) is 0.819. The molecule has 0 aromatic heterocycles. The Morgan fingerprint density at radius 2 is 2.06 bits per heavy atom. The average molecular weight is 247 g/mol. The third-order valence-electron chi connectivity index (χ3n) is 3.96. The summed E-state index contributed by atoms with van der Waals surface area (Å²) in [6, 6.07) is 6.33. The highest BCUT2D eigenvalue weighted by Crippen LogP contribution is 2.31. The van der Waals surface area contributed by atoms with Gasteiger partial charge in [-0.3, -0.25) is 4.90 Å². The van der Waals surface area contributed by atoms with Crippen LogP contribution in [0.25, 0.3) is 0 Å². The fourth-order valence-corrected chi connectivity index (χ4v) is 2.83. The highest BCUT2D eigenvalue weighted by atomic mass is 16.6. The molecule has 1 unspecified atom stereocenters. The molecule has 1 aromatic carbocycles. The van der Waals surface area contributed by atoms with Crippen LogP contribution in [0.15, 0.2) is 18.2 Å². The summed E-state index contributed by atoms with van der Waals surface area (Å²) in [4.78, 5) is 2.54. The lowest BCUT2D eigenvalue weighted by atomic mass is 10.1. The first-order chi connectivity index (χ1) is 8.85. The maximum atomic E-state index is 5.63. The number of fused-ring (bicyclic) bond motifs is 1. The van der Waals surface area contributed by atoms with Crippen molar-refractivity contribution in [2.45, 2.75) is 26.3 Å². The van der Waals surface area contributed by atoms with Gasteiger partial charge in [-0.25, -0.2) is 0 Å². The van der Waals surface area contributed by atoms with Crippen molar-refractivity contribution in [2.24, 2.45) is 5.92 Å². The van der Waals surface area contributed by atoms with Crippen molar-refractivity contribution < 1.29 is 9.47 Å². The van der Waals surface area contributed by atoms with E-state index in [1.807, 2.05) is 6.07 Å². The van der Waals surface area contributed by atoms with Gasteiger partial charge in [0.15, 0.2) is 11.5 Å². The Hall–Kier alpha value is -1.22. The summed E-state index contributed by atoms with van der Waals surface area (Å²) < 4.78 is 11.2. The van der Waals surface area contributed by atoms with Crippen molar-refractivity contribution >= 4 is 0 Å². The lowest BCUT2D eigenvalue weighted by molar-refractivity contribution is 0.171. The Labute approximate surface area is 109 Å². The number of hydrogen-bond acceptors (Lipinski definition) is 3. The van der Waals surface area contributed by atoms with E-state index in [-0.39, 0.29) is 0 Å². The smallest absolute Gasteiger partial charge is 0.161 e. The van der Waals surface area contributed by atoms with Crippen LogP contribution in [0, 0.1) is 5.92 Å². The summed E-state index contributed by atoms with van der Waals surface area (Å²) in [6.45, 7) is 7.12. The van der Waals surface area contributed by atoms with Crippen LogP contribution < -0.4 is 9.47 Å². The highest BCUT2D eigenvalue weighted by Gasteiger charge is 2.21. The van der Waals surface area contributed by atoms with E-state index < -0.39 is 0 Å². The van der Waals surface area contributed by atoms with Gasteiger partial charge in [-0.05, 0) is 36.6 Å². The Kier molecular flexibility index (Phi) is 3.41. The first-order valence-corrected chi connectivity index (χ1v) is 6.96. The number of ether oxygens (including phenoxy) is 2. The molecule has 0 amide bonds. The zero-order chi connectivity index (χ0) is 12.4. The van der Waals surface area contributed by atoms with Crippen molar-refractivity contribution in [3.05, 3.63) is 23.8 Å². The zero-order valence-electron chi connectivity index (χ0n) is 11.0. The molecule has 0 spiro atoms. The maximum Gasteiger partial charge on any atom is 0.161 e. The molecule has 0 saturated carbocycles. The van der Waals surface area contributed by atoms with Crippen LogP contribution in [0.2, 0.25) is 0 Å². The van der Waals surface area contributed by atoms with Crippen LogP contribution in [0.1, 0.15) is 25.3 Å². The third kappa shape index (κ3) is 2.46. The predicted molar refractivity (Wildman–Crippen MR) is 71.1 cm³/mol. The summed E-state index contributed by atoms with van der Waals surface area (Å²) in [5.74, 6) is 2.69. The van der Waals surface area contributed by atoms with Crippen molar-refractivity contribution in [3.63, 3.8) is 0 Å². The van der Waals surface area contributed by atoms with E-state index in [9.17, 15) is 0 Å². The summed E-state index contributed by atoms with van der Waals surface area (Å²) in [5.41, 5.74) is 1.33. The van der Waals surface area contributed by atoms with E-state index in [1.54, 1.807) is 0 Å². The topological polar surface area (TPSA) is 21.7 Å². The van der Waals surface area contributed by atoms with Gasteiger partial charge in [0, 0.05) is 13.1 Å². The van der Waals surface area contributed by atoms with E-state index in [1.165, 1.54) is 31.5 Å². The van der Waals surface area contributed by atoms with Gasteiger partial charge in [0.2, 0.25) is 0 Å². The van der Waals surface area contributed by atoms with Gasteiger partial charge in [0.25, 0.3) is 0 Å². The minimum absolute atomic E-state index is 0.663. The van der Waals surface area contributed by atoms with Crippen LogP contribution in [-0.2, 0) is 6.54 Å². The zero-order valence-corrected chi connectivity index (χ0v) is 11.0. The summed E-state index contributed by atoms with van der Waals surface area (Å²) in [6.07, 6.45) is 2.65. The second-order valence-electron chi connectivity index (χ2n) is 5.28. The summed E-state index contributed by atoms with van der Waals surface area (Å²) >= 11 is 0. The largest absolute Gasteiger partial charge is 0.486 e. The molecule has 3 nitrogen and oxygen atoms in total. The van der Waals surface area contributed by atoms with Gasteiger partial charge < -0.3 is 9.47 Å². The van der Waals surface area contributed by atoms with E-state index >= 15 is 0 Å². The molecule has 2 aliphatic rings. The van der Waals surface area contributed by atoms with Crippen LogP contribution in [0.5, 0.6) is 11.5 Å². The van der Waals surface area contributed by atoms with E-state index in [2.05, 4.69) is 24.0 Å². The highest BCUT2D eigenvalue weighted by molar-refractivity contribution is 5.43. The summed E-state index contributed by atoms with van der Waals surface area (Å²) in [7, 11) is 0. The first kappa shape index (κ1) is 11.8. The molecule has 0 bridgehead atoms. The Morgan fingerprint density at radius 1 is 1.22 bits per heavy atom. The van der Waals surface area contributed by atoms with Crippen molar-refractivity contribution in [3.8, 4) is 11.5 Å². The van der Waals surface area contributed by atoms with E-state index in [4.69, 9.17) is 9.47 Å². The second kappa shape index (κ2) is 5.19. The molecule has 1 aromatic rings. The van der Waals surface area contributed by atoms with Crippen LogP contribution in [0.4, 0.5) is 0 Å². The lowest BCUT2D eigenvalue weighted by Crippen LogP contribution is -2.20. The summed E-state index contributed by atoms with van der Waals surface area (Å²) in [5, 5.41) is 0. The van der Waals surface area contributed by atoms with Gasteiger partial charge in [0.05, 0.1) is 0 Å². The number of benzene rings is 1. The Balaban J connectivity index is 1.66. The number of rotatable bonds is 3. The fraction of sp³-hybridized carbons (Fsp3) is 0.600. The van der Waals surface area contributed by atoms with Crippen LogP contribution in [0.3, 0.4) is 0 Å². The van der Waals surface area contributed by atoms with Crippen molar-refractivity contribution in [1.29, 1.82) is 0 Å². The molecule has 1 saturated heterocycles. The molecular formula is C15H21NO2. The SMILES string of the molecule is CCC1CCN(Cc2ccc3c(c2)OCCO3)C1. The molecule has 1 atom stereocenters. The van der Waals surface area contributed by atoms with Crippen LogP contribution >= 0.6 is 0 Å². The van der Waals surface area contributed by atoms with Gasteiger partial charge in [-0.1, -0.05) is 19.4 Å². The van der Waals surface area contributed by atoms with Crippen molar-refractivity contribution in [2.75, 3.05) is 26.3 Å². The third-order valence-corrected chi connectivity index (χ3v) is 3.96. The van der Waals surface area contributed by atoms with Gasteiger partial charge in [-0.2, -0.15) is 0 Å². The monoisotopic (exact) mass is 247 g/mol. The molecule has 2 heterocycles. The van der Waals surface area contributed by atoms with Gasteiger partial charge >= 0.3 is 0 Å². The molecule has 0 radical (unpaired) electrons. The maximum absolute atomic E-state index is 5.63. The second-order valence-corrected chi connectivity index (χ2v) is 5.28. The minimum atomic E-state index is 0.663. The molecule has 0 N–H and O–H groups in total. The Bertz CT molecular complexity index is 419. The number of hydrogen-bond donors (Lipinski definition) is 0. The molecular weight excluding hydrogens is 226 g/mol. The molecule has 98 valence electrons. The molecule has 3 rings (SSSR count). The van der Waals surface area contributed by atoms with Crippen LogP contribution in [-0.4, -0.2) is 31.2 Å².